The molecule has 0 unspecified atom stereocenters. The Hall–Kier alpha value is -0.770. The van der Waals surface area contributed by atoms with Gasteiger partial charge in [-0.3, -0.25) is 0 Å². The molecule has 0 aromatic heterocycles. The number of ether oxygens (including phenoxy) is 1. The summed E-state index contributed by atoms with van der Waals surface area (Å²) < 4.78 is 5.38. The van der Waals surface area contributed by atoms with Gasteiger partial charge >= 0.3 is 6.03 Å². The highest BCUT2D eigenvalue weighted by molar-refractivity contribution is 5.74. The molecule has 0 rings (SSSR count). The van der Waals surface area contributed by atoms with E-state index in [4.69, 9.17) is 4.74 Å². The molecule has 0 radical (unpaired) electrons. The highest BCUT2D eigenvalue weighted by atomic mass is 16.5. The molecule has 4 nitrogen and oxygen atoms in total. The van der Waals surface area contributed by atoms with Gasteiger partial charge in [-0.2, -0.15) is 0 Å². The lowest BCUT2D eigenvalue weighted by Gasteiger charge is -2.15. The van der Waals surface area contributed by atoms with E-state index in [1.165, 1.54) is 0 Å². The number of carbonyl (C=O) groups is 1. The average molecular weight is 230 g/mol. The maximum atomic E-state index is 11.4. The monoisotopic (exact) mass is 230 g/mol. The third kappa shape index (κ3) is 8.53. The fraction of sp³-hybridized carbons (Fsp3) is 0.917. The third-order valence-corrected chi connectivity index (χ3v) is 2.38. The Labute approximate surface area is 99.1 Å². The van der Waals surface area contributed by atoms with E-state index in [0.717, 1.165) is 19.3 Å². The zero-order chi connectivity index (χ0) is 12.4. The van der Waals surface area contributed by atoms with Crippen LogP contribution in [0.5, 0.6) is 0 Å². The second kappa shape index (κ2) is 9.46. The maximum absolute atomic E-state index is 11.4. The molecule has 0 atom stereocenters. The Bertz CT molecular complexity index is 180. The van der Waals surface area contributed by atoms with Gasteiger partial charge in [-0.15, -0.1) is 0 Å². The number of nitrogens with one attached hydrogen (secondary N) is 2. The molecule has 0 bridgehead atoms. The summed E-state index contributed by atoms with van der Waals surface area (Å²) >= 11 is 0. The molecule has 0 saturated carbocycles. The molecule has 2 amide bonds. The summed E-state index contributed by atoms with van der Waals surface area (Å²) in [7, 11) is 0. The second-order valence-electron chi connectivity index (χ2n) is 4.19. The Balaban J connectivity index is 3.43. The minimum absolute atomic E-state index is 0.0711. The summed E-state index contributed by atoms with van der Waals surface area (Å²) in [6, 6.07) is 0.213. The number of urea groups is 1. The first-order chi connectivity index (χ1) is 7.60. The van der Waals surface area contributed by atoms with Crippen LogP contribution in [0, 0.1) is 0 Å². The first-order valence-electron chi connectivity index (χ1n) is 6.26. The summed E-state index contributed by atoms with van der Waals surface area (Å²) in [5.74, 6) is 0. The lowest BCUT2D eigenvalue weighted by Crippen LogP contribution is -2.42. The Morgan fingerprint density at radius 3 is 2.38 bits per heavy atom. The van der Waals surface area contributed by atoms with E-state index in [-0.39, 0.29) is 18.2 Å². The van der Waals surface area contributed by atoms with Crippen LogP contribution in [0.1, 0.15) is 47.0 Å². The quantitative estimate of drug-likeness (QED) is 0.629. The SMILES string of the molecule is CCC(CC)NC(=O)NCCCOC(C)C. The van der Waals surface area contributed by atoms with Gasteiger partial charge in [0.05, 0.1) is 6.10 Å². The summed E-state index contributed by atoms with van der Waals surface area (Å²) in [5, 5.41) is 5.75. The normalized spacial score (nSPS) is 10.9. The van der Waals surface area contributed by atoms with Gasteiger partial charge in [0.25, 0.3) is 0 Å². The highest BCUT2D eigenvalue weighted by Gasteiger charge is 2.06. The molecule has 4 heteroatoms. The van der Waals surface area contributed by atoms with Gasteiger partial charge < -0.3 is 15.4 Å². The molecule has 0 aliphatic rings. The maximum Gasteiger partial charge on any atom is 0.315 e. The highest BCUT2D eigenvalue weighted by Crippen LogP contribution is 1.95. The first-order valence-corrected chi connectivity index (χ1v) is 6.26. The van der Waals surface area contributed by atoms with Gasteiger partial charge in [-0.05, 0) is 33.1 Å². The summed E-state index contributed by atoms with van der Waals surface area (Å²) in [4.78, 5) is 11.4. The largest absolute Gasteiger partial charge is 0.379 e. The van der Waals surface area contributed by atoms with Crippen LogP contribution in [0.25, 0.3) is 0 Å². The molecule has 0 aliphatic carbocycles. The van der Waals surface area contributed by atoms with Crippen molar-refractivity contribution >= 4 is 6.03 Å². The predicted octanol–water partition coefficient (Wildman–Crippen LogP) is 2.29. The summed E-state index contributed by atoms with van der Waals surface area (Å²) in [6.45, 7) is 9.53. The number of amides is 2. The Morgan fingerprint density at radius 1 is 1.25 bits per heavy atom. The smallest absolute Gasteiger partial charge is 0.315 e. The van der Waals surface area contributed by atoms with Crippen LogP contribution in [0.3, 0.4) is 0 Å². The second-order valence-corrected chi connectivity index (χ2v) is 4.19. The van der Waals surface area contributed by atoms with Crippen LogP contribution in [-0.4, -0.2) is 31.3 Å². The number of hydrogen-bond acceptors (Lipinski definition) is 2. The average Bonchev–Trinajstić information content (AvgIpc) is 2.25. The Morgan fingerprint density at radius 2 is 1.88 bits per heavy atom. The molecule has 0 aromatic rings. The van der Waals surface area contributed by atoms with Crippen LogP contribution >= 0.6 is 0 Å². The van der Waals surface area contributed by atoms with E-state index in [0.29, 0.717) is 13.2 Å². The molecule has 96 valence electrons. The zero-order valence-electron chi connectivity index (χ0n) is 11.0. The molecule has 0 aromatic carbocycles. The van der Waals surface area contributed by atoms with Crippen molar-refractivity contribution in [1.82, 2.24) is 10.6 Å². The van der Waals surface area contributed by atoms with E-state index in [1.807, 2.05) is 13.8 Å². The standard InChI is InChI=1S/C12H26N2O2/c1-5-11(6-2)14-12(15)13-8-7-9-16-10(3)4/h10-11H,5-9H2,1-4H3,(H2,13,14,15). The van der Waals surface area contributed by atoms with Crippen molar-refractivity contribution in [2.75, 3.05) is 13.2 Å². The van der Waals surface area contributed by atoms with Gasteiger partial charge in [0.15, 0.2) is 0 Å². The van der Waals surface area contributed by atoms with Crippen molar-refractivity contribution in [3.63, 3.8) is 0 Å². The molecule has 0 heterocycles. The zero-order valence-corrected chi connectivity index (χ0v) is 11.0. The van der Waals surface area contributed by atoms with Gasteiger partial charge in [-0.1, -0.05) is 13.8 Å². The van der Waals surface area contributed by atoms with Gasteiger partial charge in [0.1, 0.15) is 0 Å². The lowest BCUT2D eigenvalue weighted by molar-refractivity contribution is 0.0774. The molecule has 16 heavy (non-hydrogen) atoms. The van der Waals surface area contributed by atoms with Gasteiger partial charge in [0, 0.05) is 19.2 Å². The Kier molecular flexibility index (Phi) is 9.00. The predicted molar refractivity (Wildman–Crippen MR) is 66.6 cm³/mol. The molecule has 2 N–H and O–H groups in total. The van der Waals surface area contributed by atoms with Crippen molar-refractivity contribution in [2.24, 2.45) is 0 Å². The van der Waals surface area contributed by atoms with E-state index in [2.05, 4.69) is 24.5 Å². The topological polar surface area (TPSA) is 50.4 Å². The number of rotatable bonds is 8. The van der Waals surface area contributed by atoms with E-state index in [1.54, 1.807) is 0 Å². The van der Waals surface area contributed by atoms with Crippen LogP contribution < -0.4 is 10.6 Å². The molecule has 0 fully saturated rings. The minimum atomic E-state index is -0.0711. The molecule has 0 saturated heterocycles. The summed E-state index contributed by atoms with van der Waals surface area (Å²) in [6.07, 6.45) is 3.06. The minimum Gasteiger partial charge on any atom is -0.379 e. The summed E-state index contributed by atoms with van der Waals surface area (Å²) in [5.41, 5.74) is 0. The lowest BCUT2D eigenvalue weighted by atomic mass is 10.2. The number of hydrogen-bond donors (Lipinski definition) is 2. The van der Waals surface area contributed by atoms with E-state index in [9.17, 15) is 4.79 Å². The van der Waals surface area contributed by atoms with Crippen LogP contribution in [0.15, 0.2) is 0 Å². The van der Waals surface area contributed by atoms with Crippen molar-refractivity contribution in [3.8, 4) is 0 Å². The van der Waals surface area contributed by atoms with Crippen LogP contribution in [-0.2, 0) is 4.74 Å². The van der Waals surface area contributed by atoms with Crippen molar-refractivity contribution in [1.29, 1.82) is 0 Å². The fourth-order valence-corrected chi connectivity index (χ4v) is 1.32. The number of carbonyl (C=O) groups excluding carboxylic acids is 1. The van der Waals surface area contributed by atoms with Gasteiger partial charge in [0.2, 0.25) is 0 Å². The third-order valence-electron chi connectivity index (χ3n) is 2.38. The van der Waals surface area contributed by atoms with Gasteiger partial charge in [-0.25, -0.2) is 4.79 Å². The van der Waals surface area contributed by atoms with E-state index < -0.39 is 0 Å². The fourth-order valence-electron chi connectivity index (χ4n) is 1.32. The molecular formula is C12H26N2O2. The van der Waals surface area contributed by atoms with Crippen molar-refractivity contribution in [2.45, 2.75) is 59.1 Å². The van der Waals surface area contributed by atoms with E-state index >= 15 is 0 Å². The molecule has 0 spiro atoms. The van der Waals surface area contributed by atoms with Crippen LogP contribution in [0.2, 0.25) is 0 Å². The van der Waals surface area contributed by atoms with Crippen molar-refractivity contribution < 1.29 is 9.53 Å². The molecular weight excluding hydrogens is 204 g/mol. The molecule has 0 aliphatic heterocycles. The van der Waals surface area contributed by atoms with Crippen LogP contribution in [0.4, 0.5) is 4.79 Å². The van der Waals surface area contributed by atoms with Crippen molar-refractivity contribution in [3.05, 3.63) is 0 Å². The first kappa shape index (κ1) is 15.2.